The van der Waals surface area contributed by atoms with Crippen molar-refractivity contribution < 1.29 is 4.74 Å². The number of aryl methyl sites for hydroxylation is 1. The number of fused-ring (bicyclic) bond motifs is 1. The fourth-order valence-corrected chi connectivity index (χ4v) is 3.68. The summed E-state index contributed by atoms with van der Waals surface area (Å²) < 4.78 is 7.42. The lowest BCUT2D eigenvalue weighted by atomic mass is 10.1. The lowest BCUT2D eigenvalue weighted by Gasteiger charge is -2.15. The molecule has 0 amide bonds. The molecule has 128 valence electrons. The molecule has 1 aliphatic heterocycles. The predicted molar refractivity (Wildman–Crippen MR) is 104 cm³/mol. The summed E-state index contributed by atoms with van der Waals surface area (Å²) in [5, 5.41) is 11.6. The Morgan fingerprint density at radius 1 is 1.20 bits per heavy atom. The number of nitrogens with zero attached hydrogens (tertiary/aromatic N) is 2. The number of anilines is 2. The van der Waals surface area contributed by atoms with Crippen molar-refractivity contribution in [3.05, 3.63) is 60.2 Å². The number of ether oxygens (including phenoxy) is 1. The van der Waals surface area contributed by atoms with Gasteiger partial charge in [0.05, 0.1) is 12.3 Å². The lowest BCUT2D eigenvalue weighted by Crippen LogP contribution is -2.21. The van der Waals surface area contributed by atoms with Gasteiger partial charge in [-0.05, 0) is 49.7 Å². The molecule has 0 unspecified atom stereocenters. The van der Waals surface area contributed by atoms with Crippen LogP contribution in [0.15, 0.2) is 54.6 Å². The number of aromatic nitrogens is 2. The molecule has 0 spiro atoms. The Labute approximate surface area is 151 Å². The maximum Gasteiger partial charge on any atom is 0.168 e. The molecule has 4 rings (SSSR count). The minimum Gasteiger partial charge on any atom is -0.494 e. The van der Waals surface area contributed by atoms with Crippen molar-refractivity contribution in [3.8, 4) is 17.0 Å². The zero-order valence-electron chi connectivity index (χ0n) is 14.2. The van der Waals surface area contributed by atoms with Gasteiger partial charge in [-0.1, -0.05) is 18.2 Å². The van der Waals surface area contributed by atoms with Crippen LogP contribution in [0.4, 0.5) is 11.5 Å². The van der Waals surface area contributed by atoms with Crippen LogP contribution < -0.4 is 15.4 Å². The zero-order chi connectivity index (χ0) is 17.2. The Morgan fingerprint density at radius 3 is 2.72 bits per heavy atom. The smallest absolute Gasteiger partial charge is 0.168 e. The van der Waals surface area contributed by atoms with Crippen molar-refractivity contribution in [2.75, 3.05) is 17.2 Å². The molecule has 0 saturated heterocycles. The summed E-state index contributed by atoms with van der Waals surface area (Å²) in [5.74, 6) is 1.88. The van der Waals surface area contributed by atoms with E-state index in [1.54, 1.807) is 11.9 Å². The number of nitrogens with one attached hydrogen (secondary N) is 2. The molecule has 1 aromatic heterocycles. The van der Waals surface area contributed by atoms with Crippen LogP contribution in [0.2, 0.25) is 0 Å². The molecule has 25 heavy (non-hydrogen) atoms. The minimum atomic E-state index is 0.0676. The third-order valence-corrected chi connectivity index (χ3v) is 4.98. The summed E-state index contributed by atoms with van der Waals surface area (Å²) in [6.07, 6.45) is 0. The van der Waals surface area contributed by atoms with Crippen LogP contribution in [-0.2, 0) is 0 Å². The first kappa shape index (κ1) is 15.9. The first-order valence-electron chi connectivity index (χ1n) is 8.32. The highest BCUT2D eigenvalue weighted by Gasteiger charge is 2.24. The van der Waals surface area contributed by atoms with Crippen LogP contribution in [0.3, 0.4) is 0 Å². The van der Waals surface area contributed by atoms with Crippen LogP contribution >= 0.6 is 11.9 Å². The van der Waals surface area contributed by atoms with Gasteiger partial charge in [-0.2, -0.15) is 9.19 Å². The van der Waals surface area contributed by atoms with E-state index in [1.807, 2.05) is 47.4 Å². The lowest BCUT2D eigenvalue weighted by molar-refractivity contribution is 0.340. The fraction of sp³-hybridized carbons (Fsp3) is 0.211. The van der Waals surface area contributed by atoms with E-state index in [4.69, 9.17) is 4.74 Å². The van der Waals surface area contributed by atoms with Crippen LogP contribution in [0, 0.1) is 6.92 Å². The SMILES string of the molecule is CCOc1ccc(-c2cc3n(n2)S[C@H](Nc2ccccc2C)N3)cc1. The van der Waals surface area contributed by atoms with E-state index in [0.717, 1.165) is 28.5 Å². The molecule has 5 nitrogen and oxygen atoms in total. The molecule has 1 aliphatic rings. The van der Waals surface area contributed by atoms with Gasteiger partial charge in [0, 0.05) is 29.3 Å². The molecular formula is C19H20N4OS. The summed E-state index contributed by atoms with van der Waals surface area (Å²) in [6.45, 7) is 4.76. The van der Waals surface area contributed by atoms with Gasteiger partial charge in [0.25, 0.3) is 0 Å². The second kappa shape index (κ2) is 6.72. The molecule has 3 aromatic rings. The predicted octanol–water partition coefficient (Wildman–Crippen LogP) is 4.57. The van der Waals surface area contributed by atoms with Crippen LogP contribution in [0.5, 0.6) is 5.75 Å². The Hall–Kier alpha value is -2.60. The Morgan fingerprint density at radius 2 is 2.00 bits per heavy atom. The summed E-state index contributed by atoms with van der Waals surface area (Å²) in [6, 6.07) is 18.4. The van der Waals surface area contributed by atoms with Gasteiger partial charge in [0.2, 0.25) is 0 Å². The molecule has 0 bridgehead atoms. The van der Waals surface area contributed by atoms with Crippen molar-refractivity contribution in [2.24, 2.45) is 0 Å². The maximum absolute atomic E-state index is 5.49. The van der Waals surface area contributed by atoms with E-state index >= 15 is 0 Å². The summed E-state index contributed by atoms with van der Waals surface area (Å²) in [5.41, 5.74) is 4.45. The highest BCUT2D eigenvalue weighted by Crippen LogP contribution is 2.34. The average Bonchev–Trinajstić information content (AvgIpc) is 3.16. The van der Waals surface area contributed by atoms with Gasteiger partial charge < -0.3 is 15.4 Å². The van der Waals surface area contributed by atoms with Crippen molar-refractivity contribution in [1.29, 1.82) is 0 Å². The third kappa shape index (κ3) is 3.30. The zero-order valence-corrected chi connectivity index (χ0v) is 15.0. The van der Waals surface area contributed by atoms with Gasteiger partial charge >= 0.3 is 0 Å². The van der Waals surface area contributed by atoms with Gasteiger partial charge in [0.15, 0.2) is 5.50 Å². The molecular weight excluding hydrogens is 332 g/mol. The number of hydrogen-bond acceptors (Lipinski definition) is 5. The van der Waals surface area contributed by atoms with Crippen molar-refractivity contribution >= 4 is 23.5 Å². The second-order valence-corrected chi connectivity index (χ2v) is 6.86. The van der Waals surface area contributed by atoms with E-state index in [0.29, 0.717) is 6.61 Å². The van der Waals surface area contributed by atoms with Crippen LogP contribution in [-0.4, -0.2) is 21.3 Å². The maximum atomic E-state index is 5.49. The normalized spacial score (nSPS) is 15.5. The van der Waals surface area contributed by atoms with Gasteiger partial charge in [-0.25, -0.2) is 0 Å². The van der Waals surface area contributed by atoms with E-state index in [9.17, 15) is 0 Å². The van der Waals surface area contributed by atoms with Crippen molar-refractivity contribution in [3.63, 3.8) is 0 Å². The van der Waals surface area contributed by atoms with Crippen LogP contribution in [0.25, 0.3) is 11.3 Å². The van der Waals surface area contributed by atoms with E-state index in [1.165, 1.54) is 5.56 Å². The second-order valence-electron chi connectivity index (χ2n) is 5.83. The number of para-hydroxylation sites is 1. The molecule has 0 radical (unpaired) electrons. The number of benzene rings is 2. The molecule has 6 heteroatoms. The summed E-state index contributed by atoms with van der Waals surface area (Å²) in [7, 11) is 0. The van der Waals surface area contributed by atoms with E-state index < -0.39 is 0 Å². The Balaban J connectivity index is 1.46. The minimum absolute atomic E-state index is 0.0676. The molecule has 0 aliphatic carbocycles. The molecule has 1 atom stereocenters. The molecule has 0 saturated carbocycles. The molecule has 2 heterocycles. The first-order valence-corrected chi connectivity index (χ1v) is 9.16. The average molecular weight is 352 g/mol. The van der Waals surface area contributed by atoms with Gasteiger partial charge in [-0.15, -0.1) is 0 Å². The first-order chi connectivity index (χ1) is 12.2. The molecule has 0 fully saturated rings. The summed E-state index contributed by atoms with van der Waals surface area (Å²) in [4.78, 5) is 0. The van der Waals surface area contributed by atoms with Crippen molar-refractivity contribution in [1.82, 2.24) is 9.19 Å². The Bertz CT molecular complexity index is 852. The molecule has 2 aromatic carbocycles. The standard InChI is InChI=1S/C19H20N4OS/c1-3-24-15-10-8-14(9-11-15)17-12-18-21-19(25-23(18)22-17)20-16-7-5-4-6-13(16)2/h4-12,19-21H,3H2,1-2H3/t19-/m1/s1. The number of hydrogen-bond donors (Lipinski definition) is 2. The van der Waals surface area contributed by atoms with Gasteiger partial charge in [-0.3, -0.25) is 0 Å². The third-order valence-electron chi connectivity index (χ3n) is 4.06. The largest absolute Gasteiger partial charge is 0.494 e. The topological polar surface area (TPSA) is 51.1 Å². The van der Waals surface area contributed by atoms with E-state index in [2.05, 4.69) is 40.9 Å². The highest BCUT2D eigenvalue weighted by atomic mass is 32.2. The number of rotatable bonds is 5. The van der Waals surface area contributed by atoms with E-state index in [-0.39, 0.29) is 5.50 Å². The van der Waals surface area contributed by atoms with Gasteiger partial charge in [0.1, 0.15) is 11.6 Å². The quantitative estimate of drug-likeness (QED) is 0.704. The van der Waals surface area contributed by atoms with Crippen molar-refractivity contribution in [2.45, 2.75) is 19.3 Å². The Kier molecular flexibility index (Phi) is 4.28. The molecule has 2 N–H and O–H groups in total. The highest BCUT2D eigenvalue weighted by molar-refractivity contribution is 7.98. The summed E-state index contributed by atoms with van der Waals surface area (Å²) >= 11 is 1.63. The van der Waals surface area contributed by atoms with Crippen LogP contribution in [0.1, 0.15) is 12.5 Å². The fourth-order valence-electron chi connectivity index (χ4n) is 2.77. The monoisotopic (exact) mass is 352 g/mol.